The van der Waals surface area contributed by atoms with Crippen LogP contribution in [0.4, 0.5) is 0 Å². The van der Waals surface area contributed by atoms with E-state index in [-0.39, 0.29) is 5.70 Å². The molecule has 0 atom stereocenters. The molecule has 4 heteroatoms. The van der Waals surface area contributed by atoms with Crippen LogP contribution in [0.25, 0.3) is 27.5 Å². The lowest BCUT2D eigenvalue weighted by molar-refractivity contribution is 0.0108. The standard InChI is InChI=1S/C34H27N3O/c1-23-24(2)37(29-11-5-4-6-12-29)33-16-14-25(17-31(23)33)13-15-30-18-28(32(22-35)36-3)21-34(38-30)19-26-9-7-8-10-27(26)20-34/h4-18H,19-21H2,1-2H3. The molecule has 4 nitrogen and oxygen atoms in total. The van der Waals surface area contributed by atoms with Crippen LogP contribution in [0.2, 0.25) is 0 Å². The number of hydrogen-bond acceptors (Lipinski definition) is 2. The van der Waals surface area contributed by atoms with Gasteiger partial charge in [0.1, 0.15) is 11.4 Å². The zero-order chi connectivity index (χ0) is 26.3. The van der Waals surface area contributed by atoms with E-state index in [1.165, 1.54) is 33.3 Å². The number of aromatic nitrogens is 1. The van der Waals surface area contributed by atoms with E-state index >= 15 is 0 Å². The monoisotopic (exact) mass is 493 g/mol. The van der Waals surface area contributed by atoms with Gasteiger partial charge in [0.25, 0.3) is 5.70 Å². The maximum absolute atomic E-state index is 9.60. The lowest BCUT2D eigenvalue weighted by Gasteiger charge is -2.35. The Balaban J connectivity index is 1.36. The smallest absolute Gasteiger partial charge is 0.265 e. The Hall–Kier alpha value is -4.80. The quantitative estimate of drug-likeness (QED) is 0.216. The van der Waals surface area contributed by atoms with Gasteiger partial charge in [-0.2, -0.15) is 0 Å². The Morgan fingerprint density at radius 3 is 2.37 bits per heavy atom. The number of ether oxygens (including phenoxy) is 1. The van der Waals surface area contributed by atoms with Crippen molar-refractivity contribution >= 4 is 17.0 Å². The summed E-state index contributed by atoms with van der Waals surface area (Å²) in [6, 6.07) is 27.4. The highest BCUT2D eigenvalue weighted by Gasteiger charge is 2.42. The average Bonchev–Trinajstić information content (AvgIpc) is 3.41. The second-order valence-corrected chi connectivity index (χ2v) is 10.2. The summed E-state index contributed by atoms with van der Waals surface area (Å²) in [6.07, 6.45) is 7.99. The van der Waals surface area contributed by atoms with Gasteiger partial charge in [-0.3, -0.25) is 0 Å². The average molecular weight is 494 g/mol. The lowest BCUT2D eigenvalue weighted by Crippen LogP contribution is -2.36. The molecule has 1 spiro atoms. The third kappa shape index (κ3) is 4.01. The van der Waals surface area contributed by atoms with Gasteiger partial charge in [-0.25, -0.2) is 10.1 Å². The van der Waals surface area contributed by atoms with E-state index in [9.17, 15) is 5.26 Å². The minimum atomic E-state index is -0.467. The molecule has 0 saturated heterocycles. The largest absolute Gasteiger partial charge is 0.486 e. The van der Waals surface area contributed by atoms with Gasteiger partial charge < -0.3 is 9.30 Å². The molecule has 1 aromatic heterocycles. The molecule has 2 aliphatic rings. The Bertz CT molecular complexity index is 1710. The molecule has 0 N–H and O–H groups in total. The van der Waals surface area contributed by atoms with Gasteiger partial charge in [-0.05, 0) is 78.1 Å². The van der Waals surface area contributed by atoms with Crippen LogP contribution in [0.3, 0.4) is 0 Å². The first-order chi connectivity index (χ1) is 18.5. The van der Waals surface area contributed by atoms with Crippen LogP contribution in [0.5, 0.6) is 0 Å². The Kier molecular flexibility index (Phi) is 5.74. The van der Waals surface area contributed by atoms with E-state index in [2.05, 4.69) is 102 Å². The predicted molar refractivity (Wildman–Crippen MR) is 151 cm³/mol. The van der Waals surface area contributed by atoms with Gasteiger partial charge in [0.2, 0.25) is 0 Å². The zero-order valence-corrected chi connectivity index (χ0v) is 21.5. The topological polar surface area (TPSA) is 42.3 Å². The maximum atomic E-state index is 9.60. The lowest BCUT2D eigenvalue weighted by atomic mass is 9.87. The first kappa shape index (κ1) is 23.6. The van der Waals surface area contributed by atoms with Gasteiger partial charge in [-0.1, -0.05) is 54.6 Å². The van der Waals surface area contributed by atoms with E-state index in [4.69, 9.17) is 11.3 Å². The van der Waals surface area contributed by atoms with Crippen LogP contribution < -0.4 is 0 Å². The Morgan fingerprint density at radius 2 is 1.68 bits per heavy atom. The zero-order valence-electron chi connectivity index (χ0n) is 21.5. The van der Waals surface area contributed by atoms with Gasteiger partial charge >= 0.3 is 0 Å². The van der Waals surface area contributed by atoms with Crippen molar-refractivity contribution in [3.05, 3.63) is 141 Å². The summed E-state index contributed by atoms with van der Waals surface area (Å²) in [5, 5.41) is 10.8. The Labute approximate surface area is 223 Å². The number of aryl methyl sites for hydroxylation is 1. The third-order valence-electron chi connectivity index (χ3n) is 7.83. The number of nitriles is 1. The van der Waals surface area contributed by atoms with Crippen molar-refractivity contribution < 1.29 is 4.74 Å². The fraction of sp³-hybridized carbons (Fsp3) is 0.176. The molecule has 4 aromatic rings. The summed E-state index contributed by atoms with van der Waals surface area (Å²) in [7, 11) is 0. The van der Waals surface area contributed by atoms with Crippen molar-refractivity contribution in [1.29, 1.82) is 5.26 Å². The number of rotatable bonds is 3. The highest BCUT2D eigenvalue weighted by Crippen LogP contribution is 2.43. The highest BCUT2D eigenvalue weighted by molar-refractivity contribution is 5.89. The minimum absolute atomic E-state index is 0.143. The molecule has 3 aromatic carbocycles. The molecule has 2 heterocycles. The second-order valence-electron chi connectivity index (χ2n) is 10.2. The van der Waals surface area contributed by atoms with Crippen LogP contribution in [0, 0.1) is 31.8 Å². The van der Waals surface area contributed by atoms with Crippen LogP contribution in [-0.2, 0) is 17.6 Å². The van der Waals surface area contributed by atoms with E-state index in [1.54, 1.807) is 0 Å². The van der Waals surface area contributed by atoms with E-state index in [0.717, 1.165) is 29.7 Å². The molecule has 38 heavy (non-hydrogen) atoms. The van der Waals surface area contributed by atoms with Crippen LogP contribution in [0.1, 0.15) is 34.4 Å². The number of hydrogen-bond donors (Lipinski definition) is 0. The molecular weight excluding hydrogens is 466 g/mol. The summed E-state index contributed by atoms with van der Waals surface area (Å²) in [5.74, 6) is 0.685. The summed E-state index contributed by atoms with van der Waals surface area (Å²) in [5.41, 5.74) is 8.87. The molecule has 0 bridgehead atoms. The van der Waals surface area contributed by atoms with Crippen molar-refractivity contribution in [2.45, 2.75) is 38.7 Å². The maximum Gasteiger partial charge on any atom is 0.265 e. The number of allylic oxidation sites excluding steroid dienone is 3. The molecule has 0 unspecified atom stereocenters. The van der Waals surface area contributed by atoms with Gasteiger partial charge in [0.15, 0.2) is 0 Å². The SMILES string of the molecule is [C-]#[N+]C(C#N)=C1C=C(C=Cc2ccc3c(c2)c(C)c(C)n3-c2ccccc2)OC2(C1)Cc1ccccc1C2. The molecule has 0 radical (unpaired) electrons. The highest BCUT2D eigenvalue weighted by atomic mass is 16.5. The predicted octanol–water partition coefficient (Wildman–Crippen LogP) is 7.80. The minimum Gasteiger partial charge on any atom is -0.486 e. The van der Waals surface area contributed by atoms with Crippen LogP contribution in [-0.4, -0.2) is 10.2 Å². The summed E-state index contributed by atoms with van der Waals surface area (Å²) < 4.78 is 8.93. The fourth-order valence-corrected chi connectivity index (χ4v) is 5.93. The molecule has 0 saturated carbocycles. The molecule has 184 valence electrons. The molecule has 1 aliphatic heterocycles. The van der Waals surface area contributed by atoms with Crippen LogP contribution in [0.15, 0.2) is 102 Å². The molecular formula is C34H27N3O. The molecule has 6 rings (SSSR count). The molecule has 1 aliphatic carbocycles. The Morgan fingerprint density at radius 1 is 0.974 bits per heavy atom. The van der Waals surface area contributed by atoms with Crippen molar-refractivity contribution in [3.8, 4) is 11.8 Å². The first-order valence-corrected chi connectivity index (χ1v) is 12.8. The van der Waals surface area contributed by atoms with E-state index < -0.39 is 5.60 Å². The van der Waals surface area contributed by atoms with Crippen LogP contribution >= 0.6 is 0 Å². The van der Waals surface area contributed by atoms with Crippen molar-refractivity contribution in [1.82, 2.24) is 4.57 Å². The summed E-state index contributed by atoms with van der Waals surface area (Å²) >= 11 is 0. The number of para-hydroxylation sites is 1. The van der Waals surface area contributed by atoms with Gasteiger partial charge in [-0.15, -0.1) is 0 Å². The molecule has 0 amide bonds. The normalized spacial score (nSPS) is 17.1. The third-order valence-corrected chi connectivity index (χ3v) is 7.83. The van der Waals surface area contributed by atoms with Gasteiger partial charge in [0, 0.05) is 36.0 Å². The number of benzene rings is 3. The second kappa shape index (κ2) is 9.25. The first-order valence-electron chi connectivity index (χ1n) is 12.8. The fourth-order valence-electron chi connectivity index (χ4n) is 5.93. The summed E-state index contributed by atoms with van der Waals surface area (Å²) in [6.45, 7) is 11.9. The van der Waals surface area contributed by atoms with E-state index in [1.807, 2.05) is 18.2 Å². The van der Waals surface area contributed by atoms with Crippen molar-refractivity contribution in [2.24, 2.45) is 0 Å². The molecule has 0 fully saturated rings. The summed E-state index contributed by atoms with van der Waals surface area (Å²) in [4.78, 5) is 3.51. The van der Waals surface area contributed by atoms with Crippen molar-refractivity contribution in [3.63, 3.8) is 0 Å². The van der Waals surface area contributed by atoms with Gasteiger partial charge in [0.05, 0.1) is 18.2 Å². The number of nitrogens with zero attached hydrogens (tertiary/aromatic N) is 3. The van der Waals surface area contributed by atoms with E-state index in [0.29, 0.717) is 12.2 Å². The van der Waals surface area contributed by atoms with Crippen molar-refractivity contribution in [2.75, 3.05) is 0 Å². The number of fused-ring (bicyclic) bond motifs is 2.